The molecule has 0 saturated heterocycles. The lowest BCUT2D eigenvalue weighted by Gasteiger charge is -2.20. The predicted molar refractivity (Wildman–Crippen MR) is 125 cm³/mol. The van der Waals surface area contributed by atoms with Crippen LogP contribution in [0.25, 0.3) is 0 Å². The van der Waals surface area contributed by atoms with Gasteiger partial charge in [0.05, 0.1) is 16.6 Å². The number of carbonyl (C=O) groups is 1. The number of halogens is 1. The van der Waals surface area contributed by atoms with Gasteiger partial charge in [-0.15, -0.1) is 0 Å². The summed E-state index contributed by atoms with van der Waals surface area (Å²) in [5, 5.41) is 3.46. The fourth-order valence-electron chi connectivity index (χ4n) is 3.40. The van der Waals surface area contributed by atoms with Crippen molar-refractivity contribution >= 4 is 33.2 Å². The van der Waals surface area contributed by atoms with Crippen LogP contribution in [0.15, 0.2) is 71.6 Å². The van der Waals surface area contributed by atoms with Gasteiger partial charge in [0.15, 0.2) is 0 Å². The molecule has 0 aliphatic heterocycles. The molecule has 1 atom stereocenters. The van der Waals surface area contributed by atoms with E-state index < -0.39 is 10.0 Å². The highest BCUT2D eigenvalue weighted by Crippen LogP contribution is 2.24. The van der Waals surface area contributed by atoms with Crippen LogP contribution in [-0.4, -0.2) is 21.4 Å². The molecule has 162 valence electrons. The third-order valence-electron chi connectivity index (χ3n) is 5.20. The SMILES string of the molecule is Cc1ccc([C@H](C)NC(=O)c2ccc(N(C)S(=O)(=O)c3ccc(Cl)cc3)cc2)c(C)c1. The van der Waals surface area contributed by atoms with Crippen molar-refractivity contribution in [2.75, 3.05) is 11.4 Å². The Labute approximate surface area is 188 Å². The molecular formula is C24H25ClN2O3S. The minimum absolute atomic E-state index is 0.142. The maximum absolute atomic E-state index is 12.8. The van der Waals surface area contributed by atoms with Gasteiger partial charge in [-0.25, -0.2) is 8.42 Å². The van der Waals surface area contributed by atoms with Crippen LogP contribution in [0.4, 0.5) is 5.69 Å². The Morgan fingerprint density at radius 1 is 0.968 bits per heavy atom. The Balaban J connectivity index is 1.74. The van der Waals surface area contributed by atoms with Crippen LogP contribution >= 0.6 is 11.6 Å². The second-order valence-corrected chi connectivity index (χ2v) is 9.93. The highest BCUT2D eigenvalue weighted by Gasteiger charge is 2.21. The molecule has 3 aromatic carbocycles. The monoisotopic (exact) mass is 456 g/mol. The molecule has 3 aromatic rings. The summed E-state index contributed by atoms with van der Waals surface area (Å²) < 4.78 is 26.8. The number of nitrogens with one attached hydrogen (secondary N) is 1. The summed E-state index contributed by atoms with van der Waals surface area (Å²) in [4.78, 5) is 12.8. The maximum atomic E-state index is 12.8. The molecule has 0 heterocycles. The third kappa shape index (κ3) is 5.09. The zero-order valence-electron chi connectivity index (χ0n) is 17.9. The largest absolute Gasteiger partial charge is 0.346 e. The molecule has 3 rings (SSSR count). The van der Waals surface area contributed by atoms with E-state index in [9.17, 15) is 13.2 Å². The van der Waals surface area contributed by atoms with Crippen LogP contribution in [0, 0.1) is 13.8 Å². The molecule has 1 amide bonds. The van der Waals surface area contributed by atoms with Gasteiger partial charge in [-0.2, -0.15) is 0 Å². The van der Waals surface area contributed by atoms with Gasteiger partial charge in [0, 0.05) is 17.6 Å². The predicted octanol–water partition coefficient (Wildman–Crippen LogP) is 5.27. The smallest absolute Gasteiger partial charge is 0.264 e. The van der Waals surface area contributed by atoms with E-state index in [-0.39, 0.29) is 16.8 Å². The van der Waals surface area contributed by atoms with Gasteiger partial charge in [-0.05, 0) is 80.4 Å². The van der Waals surface area contributed by atoms with Crippen LogP contribution < -0.4 is 9.62 Å². The van der Waals surface area contributed by atoms with E-state index in [1.165, 1.54) is 41.2 Å². The number of rotatable bonds is 6. The molecule has 0 radical (unpaired) electrons. The molecule has 5 nitrogen and oxygen atoms in total. The minimum Gasteiger partial charge on any atom is -0.346 e. The lowest BCUT2D eigenvalue weighted by Crippen LogP contribution is -2.28. The van der Waals surface area contributed by atoms with Crippen molar-refractivity contribution < 1.29 is 13.2 Å². The molecule has 0 saturated carbocycles. The second-order valence-electron chi connectivity index (χ2n) is 7.53. The number of nitrogens with zero attached hydrogens (tertiary/aromatic N) is 1. The van der Waals surface area contributed by atoms with Gasteiger partial charge >= 0.3 is 0 Å². The summed E-state index contributed by atoms with van der Waals surface area (Å²) in [5.74, 6) is -0.220. The van der Waals surface area contributed by atoms with E-state index in [4.69, 9.17) is 11.6 Å². The average molecular weight is 457 g/mol. The summed E-state index contributed by atoms with van der Waals surface area (Å²) >= 11 is 5.85. The third-order valence-corrected chi connectivity index (χ3v) is 7.26. The first-order valence-electron chi connectivity index (χ1n) is 9.82. The summed E-state index contributed by atoms with van der Waals surface area (Å²) in [6.45, 7) is 6.00. The van der Waals surface area contributed by atoms with E-state index in [1.54, 1.807) is 24.3 Å². The lowest BCUT2D eigenvalue weighted by molar-refractivity contribution is 0.0940. The van der Waals surface area contributed by atoms with Gasteiger partial charge in [0.2, 0.25) is 0 Å². The first kappa shape index (κ1) is 22.8. The van der Waals surface area contributed by atoms with Gasteiger partial charge in [-0.1, -0.05) is 35.4 Å². The van der Waals surface area contributed by atoms with Gasteiger partial charge in [0.1, 0.15) is 0 Å². The van der Waals surface area contributed by atoms with Crippen molar-refractivity contribution in [3.63, 3.8) is 0 Å². The van der Waals surface area contributed by atoms with Crippen LogP contribution in [-0.2, 0) is 10.0 Å². The van der Waals surface area contributed by atoms with E-state index >= 15 is 0 Å². The van der Waals surface area contributed by atoms with Crippen molar-refractivity contribution in [2.24, 2.45) is 0 Å². The molecule has 0 bridgehead atoms. The number of benzene rings is 3. The number of hydrogen-bond donors (Lipinski definition) is 1. The Bertz CT molecular complexity index is 1190. The van der Waals surface area contributed by atoms with E-state index in [1.807, 2.05) is 32.9 Å². The Kier molecular flexibility index (Phi) is 6.72. The number of hydrogen-bond acceptors (Lipinski definition) is 3. The van der Waals surface area contributed by atoms with E-state index in [0.717, 1.165) is 11.1 Å². The molecule has 0 spiro atoms. The van der Waals surface area contributed by atoms with Crippen molar-refractivity contribution in [3.8, 4) is 0 Å². The highest BCUT2D eigenvalue weighted by molar-refractivity contribution is 7.92. The van der Waals surface area contributed by atoms with Crippen molar-refractivity contribution in [2.45, 2.75) is 31.7 Å². The fourth-order valence-corrected chi connectivity index (χ4v) is 4.72. The molecule has 0 unspecified atom stereocenters. The number of aryl methyl sites for hydroxylation is 2. The first-order chi connectivity index (χ1) is 14.6. The molecule has 0 aliphatic carbocycles. The topological polar surface area (TPSA) is 66.5 Å². The highest BCUT2D eigenvalue weighted by atomic mass is 35.5. The van der Waals surface area contributed by atoms with Crippen molar-refractivity contribution in [1.82, 2.24) is 5.32 Å². The van der Waals surface area contributed by atoms with Crippen LogP contribution in [0.2, 0.25) is 5.02 Å². The standard InChI is InChI=1S/C24H25ClN2O3S/c1-16-5-14-23(17(2)15-16)18(3)26-24(28)19-6-10-21(11-7-19)27(4)31(29,30)22-12-8-20(25)9-13-22/h5-15,18H,1-4H3,(H,26,28)/t18-/m0/s1. The number of anilines is 1. The Morgan fingerprint density at radius 2 is 1.58 bits per heavy atom. The quantitative estimate of drug-likeness (QED) is 0.549. The minimum atomic E-state index is -3.73. The van der Waals surface area contributed by atoms with Gasteiger partial charge in [0.25, 0.3) is 15.9 Å². The zero-order chi connectivity index (χ0) is 22.8. The summed E-state index contributed by atoms with van der Waals surface area (Å²) in [5.41, 5.74) is 4.26. The first-order valence-corrected chi connectivity index (χ1v) is 11.6. The molecule has 0 fully saturated rings. The Hall–Kier alpha value is -2.83. The van der Waals surface area contributed by atoms with Crippen LogP contribution in [0.1, 0.15) is 40.0 Å². The van der Waals surface area contributed by atoms with Crippen LogP contribution in [0.5, 0.6) is 0 Å². The number of sulfonamides is 1. The maximum Gasteiger partial charge on any atom is 0.264 e. The average Bonchev–Trinajstić information content (AvgIpc) is 2.73. The summed E-state index contributed by atoms with van der Waals surface area (Å²) in [6, 6.07) is 18.4. The summed E-state index contributed by atoms with van der Waals surface area (Å²) in [7, 11) is -2.26. The van der Waals surface area contributed by atoms with Crippen molar-refractivity contribution in [3.05, 3.63) is 94.0 Å². The molecule has 1 N–H and O–H groups in total. The number of amides is 1. The molecule has 0 aliphatic rings. The normalized spacial score (nSPS) is 12.3. The molecular weight excluding hydrogens is 432 g/mol. The molecule has 0 aromatic heterocycles. The van der Waals surface area contributed by atoms with Crippen LogP contribution in [0.3, 0.4) is 0 Å². The van der Waals surface area contributed by atoms with E-state index in [2.05, 4.69) is 11.4 Å². The lowest BCUT2D eigenvalue weighted by atomic mass is 10.00. The molecule has 31 heavy (non-hydrogen) atoms. The van der Waals surface area contributed by atoms with E-state index in [0.29, 0.717) is 16.3 Å². The molecule has 7 heteroatoms. The number of carbonyl (C=O) groups excluding carboxylic acids is 1. The fraction of sp³-hybridized carbons (Fsp3) is 0.208. The van der Waals surface area contributed by atoms with Gasteiger partial charge in [-0.3, -0.25) is 9.10 Å². The second kappa shape index (κ2) is 9.12. The Morgan fingerprint density at radius 3 is 2.16 bits per heavy atom. The van der Waals surface area contributed by atoms with Gasteiger partial charge < -0.3 is 5.32 Å². The zero-order valence-corrected chi connectivity index (χ0v) is 19.5. The summed E-state index contributed by atoms with van der Waals surface area (Å²) in [6.07, 6.45) is 0. The van der Waals surface area contributed by atoms with Crippen molar-refractivity contribution in [1.29, 1.82) is 0 Å².